The maximum atomic E-state index is 11.5. The van der Waals surface area contributed by atoms with Crippen molar-refractivity contribution in [3.05, 3.63) is 83.9 Å². The molecular formula is C23H27N5O2. The predicted octanol–water partition coefficient (Wildman–Crippen LogP) is 2.70. The van der Waals surface area contributed by atoms with E-state index in [-0.39, 0.29) is 0 Å². The summed E-state index contributed by atoms with van der Waals surface area (Å²) in [5.74, 6) is -0.485. The van der Waals surface area contributed by atoms with Crippen molar-refractivity contribution < 1.29 is 10.0 Å². The molecule has 1 aromatic heterocycles. The van der Waals surface area contributed by atoms with E-state index in [0.717, 1.165) is 38.4 Å². The third kappa shape index (κ3) is 4.76. The fourth-order valence-electron chi connectivity index (χ4n) is 3.95. The van der Waals surface area contributed by atoms with Crippen molar-refractivity contribution in [2.45, 2.75) is 26.1 Å². The van der Waals surface area contributed by atoms with Gasteiger partial charge in [0, 0.05) is 62.4 Å². The molecule has 0 bridgehead atoms. The molecule has 0 unspecified atom stereocenters. The van der Waals surface area contributed by atoms with E-state index < -0.39 is 5.91 Å². The number of hydrogen-bond acceptors (Lipinski definition) is 5. The fraction of sp³-hybridized carbons (Fsp3) is 0.304. The molecule has 0 saturated carbocycles. The molecule has 7 heteroatoms. The highest BCUT2D eigenvalue weighted by Crippen LogP contribution is 2.17. The number of nitrogens with one attached hydrogen (secondary N) is 1. The van der Waals surface area contributed by atoms with Gasteiger partial charge in [0.15, 0.2) is 0 Å². The second-order valence-electron chi connectivity index (χ2n) is 7.83. The van der Waals surface area contributed by atoms with E-state index in [1.54, 1.807) is 23.8 Å². The summed E-state index contributed by atoms with van der Waals surface area (Å²) in [6.07, 6.45) is 5.55. The molecule has 1 saturated heterocycles. The van der Waals surface area contributed by atoms with Crippen LogP contribution < -0.4 is 5.48 Å². The molecule has 3 aromatic rings. The van der Waals surface area contributed by atoms with Crippen LogP contribution in [0.2, 0.25) is 0 Å². The van der Waals surface area contributed by atoms with E-state index in [1.807, 2.05) is 29.2 Å². The number of benzene rings is 2. The zero-order chi connectivity index (χ0) is 20.9. The Hall–Kier alpha value is -3.00. The Labute approximate surface area is 176 Å². The predicted molar refractivity (Wildman–Crippen MR) is 114 cm³/mol. The lowest BCUT2D eigenvalue weighted by Gasteiger charge is -2.40. The first kappa shape index (κ1) is 20.3. The number of imidazole rings is 1. The Balaban J connectivity index is 1.30. The first-order chi connectivity index (χ1) is 14.6. The van der Waals surface area contributed by atoms with Crippen LogP contribution in [-0.4, -0.2) is 56.1 Å². The van der Waals surface area contributed by atoms with Gasteiger partial charge in [0.05, 0.1) is 6.33 Å². The summed E-state index contributed by atoms with van der Waals surface area (Å²) in [6, 6.07) is 16.5. The van der Waals surface area contributed by atoms with Crippen LogP contribution in [-0.2, 0) is 13.1 Å². The quantitative estimate of drug-likeness (QED) is 0.487. The third-order valence-corrected chi connectivity index (χ3v) is 5.70. The molecule has 156 valence electrons. The van der Waals surface area contributed by atoms with Gasteiger partial charge < -0.3 is 4.57 Å². The Morgan fingerprint density at radius 3 is 2.40 bits per heavy atom. The number of piperazine rings is 1. The van der Waals surface area contributed by atoms with Crippen LogP contribution in [0, 0.1) is 0 Å². The van der Waals surface area contributed by atoms with Crippen molar-refractivity contribution in [3.8, 4) is 5.69 Å². The number of carbonyl (C=O) groups excluding carboxylic acids is 1. The first-order valence-electron chi connectivity index (χ1n) is 10.2. The van der Waals surface area contributed by atoms with E-state index >= 15 is 0 Å². The average Bonchev–Trinajstić information content (AvgIpc) is 3.31. The largest absolute Gasteiger partial charge is 0.306 e. The van der Waals surface area contributed by atoms with Gasteiger partial charge in [-0.05, 0) is 42.3 Å². The van der Waals surface area contributed by atoms with Crippen molar-refractivity contribution in [2.24, 2.45) is 0 Å². The average molecular weight is 406 g/mol. The van der Waals surface area contributed by atoms with Crippen LogP contribution in [0.4, 0.5) is 0 Å². The lowest BCUT2D eigenvalue weighted by molar-refractivity contribution is 0.0705. The van der Waals surface area contributed by atoms with Gasteiger partial charge in [-0.3, -0.25) is 19.8 Å². The van der Waals surface area contributed by atoms with Crippen LogP contribution in [0.15, 0.2) is 67.3 Å². The summed E-state index contributed by atoms with van der Waals surface area (Å²) < 4.78 is 2.01. The van der Waals surface area contributed by atoms with Crippen LogP contribution >= 0.6 is 0 Å². The zero-order valence-electron chi connectivity index (χ0n) is 17.1. The van der Waals surface area contributed by atoms with Crippen LogP contribution in [0.3, 0.4) is 0 Å². The monoisotopic (exact) mass is 405 g/mol. The Bertz CT molecular complexity index is 954. The number of nitrogens with zero attached hydrogens (tertiary/aromatic N) is 4. The van der Waals surface area contributed by atoms with Crippen molar-refractivity contribution in [1.29, 1.82) is 0 Å². The molecule has 2 N–H and O–H groups in total. The minimum atomic E-state index is -0.485. The van der Waals surface area contributed by atoms with E-state index in [0.29, 0.717) is 11.6 Å². The number of amides is 1. The molecule has 1 amide bonds. The number of carbonyl (C=O) groups is 1. The maximum absolute atomic E-state index is 11.5. The summed E-state index contributed by atoms with van der Waals surface area (Å²) in [5.41, 5.74) is 5.73. The van der Waals surface area contributed by atoms with Gasteiger partial charge in [-0.1, -0.05) is 24.3 Å². The standard InChI is InChI=1S/C23H27N5O2/c1-18-14-26(15-19-4-8-22(9-5-19)28-11-10-24-17-28)12-13-27(18)16-20-2-6-21(7-3-20)23(29)25-30/h2-11,17-18,30H,12-16H2,1H3,(H,25,29)/t18-/m1/s1. The summed E-state index contributed by atoms with van der Waals surface area (Å²) in [7, 11) is 0. The molecule has 1 aliphatic rings. The Morgan fingerprint density at radius 1 is 1.07 bits per heavy atom. The number of hydrogen-bond donors (Lipinski definition) is 2. The van der Waals surface area contributed by atoms with Crippen LogP contribution in [0.5, 0.6) is 0 Å². The smallest absolute Gasteiger partial charge is 0.274 e. The topological polar surface area (TPSA) is 73.6 Å². The molecular weight excluding hydrogens is 378 g/mol. The SMILES string of the molecule is C[C@@H]1CN(Cc2ccc(-n3ccnc3)cc2)CCN1Cc1ccc(C(=O)NO)cc1. The first-order valence-corrected chi connectivity index (χ1v) is 10.2. The highest BCUT2D eigenvalue weighted by atomic mass is 16.5. The molecule has 0 aliphatic carbocycles. The summed E-state index contributed by atoms with van der Waals surface area (Å²) >= 11 is 0. The van der Waals surface area contributed by atoms with Gasteiger partial charge in [-0.25, -0.2) is 10.5 Å². The van der Waals surface area contributed by atoms with E-state index in [1.165, 1.54) is 11.1 Å². The molecule has 7 nitrogen and oxygen atoms in total. The van der Waals surface area contributed by atoms with Crippen molar-refractivity contribution in [2.75, 3.05) is 19.6 Å². The lowest BCUT2D eigenvalue weighted by Crippen LogP contribution is -2.50. The van der Waals surface area contributed by atoms with E-state index in [2.05, 4.69) is 46.0 Å². The molecule has 2 aromatic carbocycles. The minimum Gasteiger partial charge on any atom is -0.306 e. The normalized spacial score (nSPS) is 17.7. The lowest BCUT2D eigenvalue weighted by atomic mass is 10.1. The van der Waals surface area contributed by atoms with E-state index in [9.17, 15) is 4.79 Å². The maximum Gasteiger partial charge on any atom is 0.274 e. The molecule has 30 heavy (non-hydrogen) atoms. The van der Waals surface area contributed by atoms with Crippen LogP contribution in [0.1, 0.15) is 28.4 Å². The van der Waals surface area contributed by atoms with E-state index in [4.69, 9.17) is 5.21 Å². The number of hydroxylamine groups is 1. The highest BCUT2D eigenvalue weighted by Gasteiger charge is 2.23. The Kier molecular flexibility index (Phi) is 6.23. The number of rotatable bonds is 6. The molecule has 1 atom stereocenters. The van der Waals surface area contributed by atoms with Crippen molar-refractivity contribution >= 4 is 5.91 Å². The van der Waals surface area contributed by atoms with Crippen LogP contribution in [0.25, 0.3) is 5.69 Å². The summed E-state index contributed by atoms with van der Waals surface area (Å²) in [4.78, 5) is 20.5. The molecule has 2 heterocycles. The molecule has 0 radical (unpaired) electrons. The van der Waals surface area contributed by atoms with Gasteiger partial charge >= 0.3 is 0 Å². The van der Waals surface area contributed by atoms with Gasteiger partial charge in [-0.15, -0.1) is 0 Å². The zero-order valence-corrected chi connectivity index (χ0v) is 17.1. The van der Waals surface area contributed by atoms with Gasteiger partial charge in [0.1, 0.15) is 0 Å². The van der Waals surface area contributed by atoms with Crippen molar-refractivity contribution in [1.82, 2.24) is 24.8 Å². The summed E-state index contributed by atoms with van der Waals surface area (Å²) in [5, 5.41) is 8.72. The van der Waals surface area contributed by atoms with Gasteiger partial charge in [0.2, 0.25) is 0 Å². The third-order valence-electron chi connectivity index (χ3n) is 5.70. The van der Waals surface area contributed by atoms with Gasteiger partial charge in [-0.2, -0.15) is 0 Å². The highest BCUT2D eigenvalue weighted by molar-refractivity contribution is 5.93. The van der Waals surface area contributed by atoms with Crippen molar-refractivity contribution in [3.63, 3.8) is 0 Å². The van der Waals surface area contributed by atoms with Gasteiger partial charge in [0.25, 0.3) is 5.91 Å². The molecule has 1 fully saturated rings. The second-order valence-corrected chi connectivity index (χ2v) is 7.83. The molecule has 0 spiro atoms. The Morgan fingerprint density at radius 2 is 1.77 bits per heavy atom. The number of aromatic nitrogens is 2. The fourth-order valence-corrected chi connectivity index (χ4v) is 3.95. The minimum absolute atomic E-state index is 0.449. The molecule has 1 aliphatic heterocycles. The summed E-state index contributed by atoms with van der Waals surface area (Å²) in [6.45, 7) is 7.13. The second kappa shape index (κ2) is 9.21. The molecule has 4 rings (SSSR count).